The summed E-state index contributed by atoms with van der Waals surface area (Å²) in [7, 11) is 0. The number of hydrogen-bond acceptors (Lipinski definition) is 3. The fraction of sp³-hybridized carbons (Fsp3) is 0.941. The van der Waals surface area contributed by atoms with Gasteiger partial charge in [0.25, 0.3) is 0 Å². The van der Waals surface area contributed by atoms with Crippen LogP contribution in [0.15, 0.2) is 0 Å². The van der Waals surface area contributed by atoms with E-state index in [1.165, 1.54) is 25.7 Å². The Morgan fingerprint density at radius 3 is 2.19 bits per heavy atom. The largest absolute Gasteiger partial charge is 0.342 e. The molecule has 0 radical (unpaired) electrons. The number of nitrogens with zero attached hydrogens (tertiary/aromatic N) is 2. The molecule has 1 amide bonds. The van der Waals surface area contributed by atoms with E-state index in [-0.39, 0.29) is 0 Å². The highest BCUT2D eigenvalue weighted by atomic mass is 16.2. The van der Waals surface area contributed by atoms with Gasteiger partial charge in [-0.25, -0.2) is 0 Å². The van der Waals surface area contributed by atoms with Gasteiger partial charge < -0.3 is 10.2 Å². The van der Waals surface area contributed by atoms with E-state index < -0.39 is 0 Å². The second kappa shape index (κ2) is 8.74. The zero-order chi connectivity index (χ0) is 15.1. The highest BCUT2D eigenvalue weighted by Crippen LogP contribution is 2.28. The van der Waals surface area contributed by atoms with E-state index in [0.29, 0.717) is 18.5 Å². The third-order valence-electron chi connectivity index (χ3n) is 4.69. The molecule has 122 valence electrons. The van der Waals surface area contributed by atoms with Gasteiger partial charge in [0.2, 0.25) is 5.91 Å². The lowest BCUT2D eigenvalue weighted by Crippen LogP contribution is -2.44. The molecule has 2 aliphatic rings. The molecule has 0 bridgehead atoms. The molecule has 2 rings (SSSR count). The average molecular weight is 295 g/mol. The lowest BCUT2D eigenvalue weighted by atomic mass is 9.97. The molecule has 2 fully saturated rings. The number of rotatable bonds is 9. The van der Waals surface area contributed by atoms with Gasteiger partial charge in [-0.1, -0.05) is 13.8 Å². The van der Waals surface area contributed by atoms with E-state index in [9.17, 15) is 4.79 Å². The standard InChI is InChI=1S/C17H33N3O/c1-3-11-19(12-4-2)17(21)14-20(16-5-6-16)13-15-7-9-18-10-8-15/h15-16,18H,3-14H2,1-2H3. The Bertz CT molecular complexity index is 305. The number of carbonyl (C=O) groups is 1. The zero-order valence-electron chi connectivity index (χ0n) is 13.9. The molecule has 0 atom stereocenters. The van der Waals surface area contributed by atoms with Crippen LogP contribution in [0.25, 0.3) is 0 Å². The van der Waals surface area contributed by atoms with Gasteiger partial charge in [0.1, 0.15) is 0 Å². The van der Waals surface area contributed by atoms with E-state index in [1.54, 1.807) is 0 Å². The monoisotopic (exact) mass is 295 g/mol. The molecule has 0 aromatic carbocycles. The quantitative estimate of drug-likeness (QED) is 0.707. The van der Waals surface area contributed by atoms with Crippen LogP contribution in [0.1, 0.15) is 52.4 Å². The SMILES string of the molecule is CCCN(CCC)C(=O)CN(CC1CCNCC1)C1CC1. The summed E-state index contributed by atoms with van der Waals surface area (Å²) >= 11 is 0. The number of nitrogens with one attached hydrogen (secondary N) is 1. The van der Waals surface area contributed by atoms with Crippen molar-refractivity contribution in [3.8, 4) is 0 Å². The molecule has 1 heterocycles. The predicted molar refractivity (Wildman–Crippen MR) is 87.4 cm³/mol. The Kier molecular flexibility index (Phi) is 6.97. The van der Waals surface area contributed by atoms with Gasteiger partial charge in [0, 0.05) is 25.7 Å². The Balaban J connectivity index is 1.84. The highest BCUT2D eigenvalue weighted by Gasteiger charge is 2.32. The van der Waals surface area contributed by atoms with Gasteiger partial charge in [0.05, 0.1) is 6.54 Å². The fourth-order valence-electron chi connectivity index (χ4n) is 3.35. The molecule has 4 nitrogen and oxygen atoms in total. The molecule has 21 heavy (non-hydrogen) atoms. The van der Waals surface area contributed by atoms with E-state index >= 15 is 0 Å². The minimum atomic E-state index is 0.347. The Morgan fingerprint density at radius 2 is 1.67 bits per heavy atom. The topological polar surface area (TPSA) is 35.6 Å². The summed E-state index contributed by atoms with van der Waals surface area (Å²) in [5.74, 6) is 1.13. The number of hydrogen-bond donors (Lipinski definition) is 1. The van der Waals surface area contributed by atoms with E-state index in [4.69, 9.17) is 0 Å². The van der Waals surface area contributed by atoms with Crippen molar-refractivity contribution in [2.45, 2.75) is 58.4 Å². The van der Waals surface area contributed by atoms with Gasteiger partial charge in [-0.2, -0.15) is 0 Å². The number of piperidine rings is 1. The summed E-state index contributed by atoms with van der Waals surface area (Å²) in [4.78, 5) is 17.1. The normalized spacial score (nSPS) is 20.0. The third kappa shape index (κ3) is 5.59. The molecule has 1 saturated carbocycles. The van der Waals surface area contributed by atoms with E-state index in [1.807, 2.05) is 0 Å². The van der Waals surface area contributed by atoms with Crippen LogP contribution in [0, 0.1) is 5.92 Å². The third-order valence-corrected chi connectivity index (χ3v) is 4.69. The van der Waals surface area contributed by atoms with Crippen LogP contribution >= 0.6 is 0 Å². The summed E-state index contributed by atoms with van der Waals surface area (Å²) in [5, 5.41) is 3.43. The van der Waals surface area contributed by atoms with E-state index in [0.717, 1.165) is 51.5 Å². The van der Waals surface area contributed by atoms with Crippen LogP contribution in [-0.4, -0.2) is 61.0 Å². The van der Waals surface area contributed by atoms with Gasteiger partial charge in [0.15, 0.2) is 0 Å². The first kappa shape index (κ1) is 16.8. The lowest BCUT2D eigenvalue weighted by molar-refractivity contribution is -0.132. The van der Waals surface area contributed by atoms with Crippen LogP contribution < -0.4 is 5.32 Å². The second-order valence-corrected chi connectivity index (χ2v) is 6.73. The molecular weight excluding hydrogens is 262 g/mol. The fourth-order valence-corrected chi connectivity index (χ4v) is 3.35. The van der Waals surface area contributed by atoms with Gasteiger partial charge in [-0.05, 0) is 57.5 Å². The Labute approximate surface area is 130 Å². The summed E-state index contributed by atoms with van der Waals surface area (Å²) in [6, 6.07) is 0.689. The molecule has 1 aliphatic carbocycles. The number of amides is 1. The van der Waals surface area contributed by atoms with Crippen molar-refractivity contribution in [1.82, 2.24) is 15.1 Å². The maximum Gasteiger partial charge on any atom is 0.236 e. The van der Waals surface area contributed by atoms with Crippen LogP contribution in [0.5, 0.6) is 0 Å². The minimum absolute atomic E-state index is 0.347. The summed E-state index contributed by atoms with van der Waals surface area (Å²) < 4.78 is 0. The van der Waals surface area contributed by atoms with Crippen LogP contribution in [0.3, 0.4) is 0 Å². The lowest BCUT2D eigenvalue weighted by Gasteiger charge is -2.31. The van der Waals surface area contributed by atoms with Gasteiger partial charge in [-0.15, -0.1) is 0 Å². The summed E-state index contributed by atoms with van der Waals surface area (Å²) in [5.41, 5.74) is 0. The van der Waals surface area contributed by atoms with Crippen molar-refractivity contribution in [2.75, 3.05) is 39.3 Å². The molecule has 1 N–H and O–H groups in total. The van der Waals surface area contributed by atoms with Crippen LogP contribution in [0.2, 0.25) is 0 Å². The average Bonchev–Trinajstić information content (AvgIpc) is 3.32. The van der Waals surface area contributed by atoms with Gasteiger partial charge in [-0.3, -0.25) is 9.69 Å². The van der Waals surface area contributed by atoms with Gasteiger partial charge >= 0.3 is 0 Å². The summed E-state index contributed by atoms with van der Waals surface area (Å²) in [6.45, 7) is 10.2. The van der Waals surface area contributed by atoms with Crippen molar-refractivity contribution in [3.05, 3.63) is 0 Å². The van der Waals surface area contributed by atoms with Crippen molar-refractivity contribution in [2.24, 2.45) is 5.92 Å². The molecule has 0 unspecified atom stereocenters. The Hall–Kier alpha value is -0.610. The molecular formula is C17H33N3O. The molecule has 1 aliphatic heterocycles. The molecule has 0 aromatic rings. The highest BCUT2D eigenvalue weighted by molar-refractivity contribution is 5.78. The Morgan fingerprint density at radius 1 is 1.05 bits per heavy atom. The predicted octanol–water partition coefficient (Wildman–Crippen LogP) is 2.10. The van der Waals surface area contributed by atoms with Crippen molar-refractivity contribution in [1.29, 1.82) is 0 Å². The number of carbonyl (C=O) groups excluding carboxylic acids is 1. The maximum absolute atomic E-state index is 12.6. The van der Waals surface area contributed by atoms with Crippen LogP contribution in [0.4, 0.5) is 0 Å². The minimum Gasteiger partial charge on any atom is -0.342 e. The first-order chi connectivity index (χ1) is 10.2. The zero-order valence-corrected chi connectivity index (χ0v) is 13.9. The van der Waals surface area contributed by atoms with E-state index in [2.05, 4.69) is 29.0 Å². The first-order valence-corrected chi connectivity index (χ1v) is 8.97. The molecule has 1 saturated heterocycles. The van der Waals surface area contributed by atoms with Crippen LogP contribution in [-0.2, 0) is 4.79 Å². The van der Waals surface area contributed by atoms with Crippen molar-refractivity contribution < 1.29 is 4.79 Å². The molecule has 0 spiro atoms. The van der Waals surface area contributed by atoms with Crippen molar-refractivity contribution >= 4 is 5.91 Å². The smallest absolute Gasteiger partial charge is 0.236 e. The maximum atomic E-state index is 12.6. The molecule has 0 aromatic heterocycles. The van der Waals surface area contributed by atoms with Crippen molar-refractivity contribution in [3.63, 3.8) is 0 Å². The second-order valence-electron chi connectivity index (χ2n) is 6.73. The molecule has 4 heteroatoms. The summed E-state index contributed by atoms with van der Waals surface area (Å²) in [6.07, 6.45) is 7.24. The first-order valence-electron chi connectivity index (χ1n) is 8.97.